The number of methoxy groups -OCH3 is 1. The Hall–Kier alpha value is -3.09. The van der Waals surface area contributed by atoms with E-state index in [2.05, 4.69) is 23.9 Å². The van der Waals surface area contributed by atoms with Gasteiger partial charge in [-0.1, -0.05) is 26.3 Å². The van der Waals surface area contributed by atoms with Gasteiger partial charge >= 0.3 is 11.9 Å². The zero-order valence-corrected chi connectivity index (χ0v) is 21.0. The van der Waals surface area contributed by atoms with Crippen molar-refractivity contribution < 1.29 is 28.3 Å². The van der Waals surface area contributed by atoms with Crippen molar-refractivity contribution in [2.24, 2.45) is 23.2 Å². The molecule has 0 radical (unpaired) electrons. The van der Waals surface area contributed by atoms with Crippen molar-refractivity contribution >= 4 is 28.8 Å². The molecule has 2 bridgehead atoms. The van der Waals surface area contributed by atoms with Gasteiger partial charge in [0.2, 0.25) is 0 Å². The SMILES string of the molecule is COC(=O)/C=C/CCCCC1CC2CC(C1NC(=O)c1coc3ccc(OC(C)=O)cc13)C2(C)C. The molecule has 0 spiro atoms. The quantitative estimate of drug-likeness (QED) is 0.222. The van der Waals surface area contributed by atoms with Gasteiger partial charge in [-0.15, -0.1) is 0 Å². The Kier molecular flexibility index (Phi) is 7.33. The molecule has 1 aromatic carbocycles. The van der Waals surface area contributed by atoms with Crippen molar-refractivity contribution in [3.8, 4) is 5.75 Å². The summed E-state index contributed by atoms with van der Waals surface area (Å²) in [5.41, 5.74) is 1.26. The lowest BCUT2D eigenvalue weighted by Crippen LogP contribution is -2.63. The Balaban J connectivity index is 1.44. The van der Waals surface area contributed by atoms with Crippen LogP contribution >= 0.6 is 0 Å². The van der Waals surface area contributed by atoms with Crippen molar-refractivity contribution in [3.63, 3.8) is 0 Å². The van der Waals surface area contributed by atoms with Gasteiger partial charge in [0.25, 0.3) is 5.91 Å². The lowest BCUT2D eigenvalue weighted by Gasteiger charge is -2.62. The first kappa shape index (κ1) is 25.0. The summed E-state index contributed by atoms with van der Waals surface area (Å²) in [5, 5.41) is 4.00. The van der Waals surface area contributed by atoms with Crippen LogP contribution in [0.5, 0.6) is 5.75 Å². The summed E-state index contributed by atoms with van der Waals surface area (Å²) in [4.78, 5) is 36.0. The molecule has 4 unspecified atom stereocenters. The van der Waals surface area contributed by atoms with Gasteiger partial charge < -0.3 is 19.2 Å². The van der Waals surface area contributed by atoms with E-state index in [4.69, 9.17) is 9.15 Å². The summed E-state index contributed by atoms with van der Waals surface area (Å²) in [5.74, 6) is 1.08. The molecule has 2 aromatic rings. The molecule has 3 aliphatic rings. The normalized spacial score (nSPS) is 24.7. The highest BCUT2D eigenvalue weighted by Crippen LogP contribution is 2.61. The minimum atomic E-state index is -0.411. The van der Waals surface area contributed by atoms with Gasteiger partial charge in [-0.2, -0.15) is 0 Å². The molecular weight excluding hydrogens is 446 g/mol. The maximum absolute atomic E-state index is 13.4. The summed E-state index contributed by atoms with van der Waals surface area (Å²) in [6.07, 6.45) is 11.0. The lowest BCUT2D eigenvalue weighted by molar-refractivity contribution is -0.135. The Morgan fingerprint density at radius 3 is 2.71 bits per heavy atom. The number of nitrogens with one attached hydrogen (secondary N) is 1. The van der Waals surface area contributed by atoms with Gasteiger partial charge in [-0.05, 0) is 73.5 Å². The molecule has 188 valence electrons. The summed E-state index contributed by atoms with van der Waals surface area (Å²) >= 11 is 0. The number of amides is 1. The Bertz CT molecular complexity index is 1130. The van der Waals surface area contributed by atoms with Gasteiger partial charge in [-0.25, -0.2) is 4.79 Å². The lowest BCUT2D eigenvalue weighted by atomic mass is 9.44. The monoisotopic (exact) mass is 481 g/mol. The van der Waals surface area contributed by atoms with Gasteiger partial charge in [0.1, 0.15) is 17.6 Å². The number of carbonyl (C=O) groups is 3. The minimum Gasteiger partial charge on any atom is -0.466 e. The van der Waals surface area contributed by atoms with Crippen LogP contribution in [0.4, 0.5) is 0 Å². The fraction of sp³-hybridized carbons (Fsp3) is 0.536. The Labute approximate surface area is 206 Å². The number of hydrogen-bond donors (Lipinski definition) is 1. The first-order chi connectivity index (χ1) is 16.7. The fourth-order valence-corrected chi connectivity index (χ4v) is 5.98. The van der Waals surface area contributed by atoms with Crippen LogP contribution in [-0.4, -0.2) is 31.0 Å². The molecule has 1 amide bonds. The molecule has 3 aliphatic carbocycles. The first-order valence-corrected chi connectivity index (χ1v) is 12.5. The molecular formula is C28H35NO6. The molecule has 7 nitrogen and oxygen atoms in total. The van der Waals surface area contributed by atoms with Gasteiger partial charge in [-0.3, -0.25) is 9.59 Å². The molecule has 1 aromatic heterocycles. The van der Waals surface area contributed by atoms with Crippen LogP contribution in [0.1, 0.15) is 69.7 Å². The van der Waals surface area contributed by atoms with Crippen molar-refractivity contribution in [2.75, 3.05) is 7.11 Å². The van der Waals surface area contributed by atoms with Crippen LogP contribution in [0.15, 0.2) is 41.0 Å². The maximum Gasteiger partial charge on any atom is 0.330 e. The van der Waals surface area contributed by atoms with Gasteiger partial charge in [0, 0.05) is 24.4 Å². The predicted molar refractivity (Wildman–Crippen MR) is 132 cm³/mol. The highest BCUT2D eigenvalue weighted by Gasteiger charge is 2.57. The van der Waals surface area contributed by atoms with Gasteiger partial charge in [0.15, 0.2) is 0 Å². The highest BCUT2D eigenvalue weighted by atomic mass is 16.5. The van der Waals surface area contributed by atoms with Crippen LogP contribution in [0.2, 0.25) is 0 Å². The van der Waals surface area contributed by atoms with E-state index in [9.17, 15) is 14.4 Å². The number of hydrogen-bond acceptors (Lipinski definition) is 6. The number of allylic oxidation sites excluding steroid dienone is 1. The third kappa shape index (κ3) is 5.29. The van der Waals surface area contributed by atoms with Crippen molar-refractivity contribution in [1.82, 2.24) is 5.32 Å². The molecule has 3 saturated carbocycles. The minimum absolute atomic E-state index is 0.106. The molecule has 35 heavy (non-hydrogen) atoms. The zero-order chi connectivity index (χ0) is 25.2. The standard InChI is InChI=1S/C28H35NO6/c1-17(30)35-20-11-12-24-21(15-20)22(16-34-24)27(32)29-26-18(13-19-14-23(26)28(19,2)3)9-7-5-6-8-10-25(31)33-4/h8,10-12,15-16,18-19,23,26H,5-7,9,13-14H2,1-4H3,(H,29,32)/b10-8+. The second-order valence-electron chi connectivity index (χ2n) is 10.5. The summed E-state index contributed by atoms with van der Waals surface area (Å²) in [7, 11) is 1.38. The van der Waals surface area contributed by atoms with Crippen LogP contribution in [0, 0.1) is 23.2 Å². The molecule has 0 saturated heterocycles. The number of rotatable bonds is 9. The first-order valence-electron chi connectivity index (χ1n) is 12.5. The largest absolute Gasteiger partial charge is 0.466 e. The summed E-state index contributed by atoms with van der Waals surface area (Å²) in [6, 6.07) is 5.15. The molecule has 1 heterocycles. The zero-order valence-electron chi connectivity index (χ0n) is 21.0. The molecule has 1 N–H and O–H groups in total. The third-order valence-electron chi connectivity index (χ3n) is 8.07. The van der Waals surface area contributed by atoms with E-state index >= 15 is 0 Å². The second-order valence-corrected chi connectivity index (χ2v) is 10.5. The van der Waals surface area contributed by atoms with Crippen molar-refractivity contribution in [1.29, 1.82) is 0 Å². The van der Waals surface area contributed by atoms with Crippen LogP contribution in [0.25, 0.3) is 11.0 Å². The Morgan fingerprint density at radius 2 is 2.00 bits per heavy atom. The van der Waals surface area contributed by atoms with Crippen LogP contribution in [0.3, 0.4) is 0 Å². The predicted octanol–water partition coefficient (Wildman–Crippen LogP) is 5.43. The molecule has 0 aliphatic heterocycles. The molecule has 3 fully saturated rings. The number of fused-ring (bicyclic) bond motifs is 3. The average Bonchev–Trinajstić information content (AvgIpc) is 3.24. The van der Waals surface area contributed by atoms with Crippen molar-refractivity contribution in [2.45, 2.75) is 65.3 Å². The molecule has 7 heteroatoms. The van der Waals surface area contributed by atoms with E-state index < -0.39 is 5.97 Å². The second kappa shape index (κ2) is 10.3. The number of unbranched alkanes of at least 4 members (excludes halogenated alkanes) is 2. The smallest absolute Gasteiger partial charge is 0.330 e. The molecule has 4 atom stereocenters. The maximum atomic E-state index is 13.4. The number of furan rings is 1. The topological polar surface area (TPSA) is 94.8 Å². The van der Waals surface area contributed by atoms with E-state index in [1.165, 1.54) is 26.4 Å². The van der Waals surface area contributed by atoms with E-state index in [0.717, 1.165) is 38.5 Å². The van der Waals surface area contributed by atoms with E-state index in [1.807, 2.05) is 6.08 Å². The van der Waals surface area contributed by atoms with E-state index in [-0.39, 0.29) is 23.3 Å². The van der Waals surface area contributed by atoms with E-state index in [0.29, 0.717) is 40.0 Å². The van der Waals surface area contributed by atoms with Crippen molar-refractivity contribution in [3.05, 3.63) is 42.2 Å². The third-order valence-corrected chi connectivity index (χ3v) is 8.07. The summed E-state index contributed by atoms with van der Waals surface area (Å²) in [6.45, 7) is 5.98. The number of carbonyl (C=O) groups excluding carboxylic acids is 3. The van der Waals surface area contributed by atoms with Crippen LogP contribution in [-0.2, 0) is 14.3 Å². The number of benzene rings is 1. The van der Waals surface area contributed by atoms with Crippen LogP contribution < -0.4 is 10.1 Å². The highest BCUT2D eigenvalue weighted by molar-refractivity contribution is 6.06. The van der Waals surface area contributed by atoms with Gasteiger partial charge in [0.05, 0.1) is 12.7 Å². The fourth-order valence-electron chi connectivity index (χ4n) is 5.98. The molecule has 5 rings (SSSR count). The van der Waals surface area contributed by atoms with E-state index in [1.54, 1.807) is 18.2 Å². The average molecular weight is 482 g/mol. The summed E-state index contributed by atoms with van der Waals surface area (Å²) < 4.78 is 15.4. The number of esters is 2. The number of ether oxygens (including phenoxy) is 2. The Morgan fingerprint density at radius 1 is 1.20 bits per heavy atom.